The average Bonchev–Trinajstić information content (AvgIpc) is 2.43. The third-order valence-electron chi connectivity index (χ3n) is 3.22. The van der Waals surface area contributed by atoms with E-state index >= 15 is 0 Å². The predicted molar refractivity (Wildman–Crippen MR) is 75.1 cm³/mol. The zero-order valence-corrected chi connectivity index (χ0v) is 12.2. The Labute approximate surface area is 123 Å². The lowest BCUT2D eigenvalue weighted by Gasteiger charge is -2.28. The summed E-state index contributed by atoms with van der Waals surface area (Å²) < 4.78 is 18.2. The van der Waals surface area contributed by atoms with Gasteiger partial charge in [0.05, 0.1) is 19.8 Å². The lowest BCUT2D eigenvalue weighted by molar-refractivity contribution is -0.136. The molecule has 0 saturated carbocycles. The van der Waals surface area contributed by atoms with Crippen molar-refractivity contribution in [2.24, 2.45) is 0 Å². The Bertz CT molecular complexity index is 478. The first-order valence-corrected chi connectivity index (χ1v) is 6.92. The van der Waals surface area contributed by atoms with Crippen molar-refractivity contribution in [3.05, 3.63) is 34.6 Å². The van der Waals surface area contributed by atoms with Gasteiger partial charge >= 0.3 is 0 Å². The van der Waals surface area contributed by atoms with Gasteiger partial charge in [-0.15, -0.1) is 0 Å². The Morgan fingerprint density at radius 1 is 1.45 bits per heavy atom. The Hall–Kier alpha value is -1.17. The van der Waals surface area contributed by atoms with Crippen LogP contribution in [0.3, 0.4) is 0 Å². The summed E-state index contributed by atoms with van der Waals surface area (Å²) in [7, 11) is 1.85. The third kappa shape index (κ3) is 4.16. The van der Waals surface area contributed by atoms with Gasteiger partial charge in [0, 0.05) is 24.7 Å². The standard InChI is InChI=1S/C14H18ClFN2O2/c1-17(9-11-2-3-12(16)8-13(11)15)10-14(19)18-4-6-20-7-5-18/h2-3,8H,4-7,9-10H2,1H3. The zero-order chi connectivity index (χ0) is 14.5. The second-order valence-electron chi connectivity index (χ2n) is 4.90. The van der Waals surface area contributed by atoms with Crippen LogP contribution >= 0.6 is 11.6 Å². The van der Waals surface area contributed by atoms with E-state index in [9.17, 15) is 9.18 Å². The van der Waals surface area contributed by atoms with Crippen LogP contribution in [0.5, 0.6) is 0 Å². The molecule has 110 valence electrons. The van der Waals surface area contributed by atoms with E-state index in [1.165, 1.54) is 12.1 Å². The van der Waals surface area contributed by atoms with Gasteiger partial charge in [-0.1, -0.05) is 17.7 Å². The summed E-state index contributed by atoms with van der Waals surface area (Å²) in [5, 5.41) is 0.385. The molecular weight excluding hydrogens is 283 g/mol. The number of carbonyl (C=O) groups is 1. The second-order valence-corrected chi connectivity index (χ2v) is 5.31. The number of benzene rings is 1. The number of likely N-dealkylation sites (N-methyl/N-ethyl adjacent to an activating group) is 1. The summed E-state index contributed by atoms with van der Waals surface area (Å²) in [5.74, 6) is -0.278. The Morgan fingerprint density at radius 2 is 2.15 bits per heavy atom. The molecule has 0 atom stereocenters. The zero-order valence-electron chi connectivity index (χ0n) is 11.4. The molecule has 0 unspecified atom stereocenters. The van der Waals surface area contributed by atoms with E-state index in [-0.39, 0.29) is 11.7 Å². The molecule has 1 aliphatic rings. The van der Waals surface area contributed by atoms with Crippen molar-refractivity contribution < 1.29 is 13.9 Å². The number of amides is 1. The smallest absolute Gasteiger partial charge is 0.236 e. The molecule has 0 spiro atoms. The molecule has 0 aliphatic carbocycles. The lowest BCUT2D eigenvalue weighted by atomic mass is 10.2. The number of carbonyl (C=O) groups excluding carboxylic acids is 1. The molecule has 0 radical (unpaired) electrons. The van der Waals surface area contributed by atoms with Gasteiger partial charge in [0.2, 0.25) is 5.91 Å². The fourth-order valence-electron chi connectivity index (χ4n) is 2.14. The maximum Gasteiger partial charge on any atom is 0.236 e. The molecule has 4 nitrogen and oxygen atoms in total. The highest BCUT2D eigenvalue weighted by Gasteiger charge is 2.18. The SMILES string of the molecule is CN(CC(=O)N1CCOCC1)Cc1ccc(F)cc1Cl. The lowest BCUT2D eigenvalue weighted by Crippen LogP contribution is -2.44. The third-order valence-corrected chi connectivity index (χ3v) is 3.58. The molecule has 6 heteroatoms. The van der Waals surface area contributed by atoms with Gasteiger partial charge in [0.1, 0.15) is 5.82 Å². The number of hydrogen-bond acceptors (Lipinski definition) is 3. The van der Waals surface area contributed by atoms with E-state index in [1.807, 2.05) is 11.9 Å². The van der Waals surface area contributed by atoms with Gasteiger partial charge < -0.3 is 9.64 Å². The molecule has 1 fully saturated rings. The summed E-state index contributed by atoms with van der Waals surface area (Å²) in [6.45, 7) is 3.30. The first kappa shape index (κ1) is 15.2. The fourth-order valence-corrected chi connectivity index (χ4v) is 2.37. The number of nitrogens with zero attached hydrogens (tertiary/aromatic N) is 2. The van der Waals surface area contributed by atoms with Crippen molar-refractivity contribution in [1.82, 2.24) is 9.80 Å². The highest BCUT2D eigenvalue weighted by molar-refractivity contribution is 6.31. The molecule has 0 N–H and O–H groups in total. The molecule has 1 aromatic rings. The van der Waals surface area contributed by atoms with E-state index in [0.29, 0.717) is 44.4 Å². The van der Waals surface area contributed by atoms with Crippen molar-refractivity contribution in [3.8, 4) is 0 Å². The van der Waals surface area contributed by atoms with E-state index in [2.05, 4.69) is 0 Å². The van der Waals surface area contributed by atoms with Crippen LogP contribution in [0.4, 0.5) is 4.39 Å². The van der Waals surface area contributed by atoms with Crippen LogP contribution in [0.1, 0.15) is 5.56 Å². The number of rotatable bonds is 4. The maximum atomic E-state index is 13.0. The normalized spacial score (nSPS) is 15.7. The summed E-state index contributed by atoms with van der Waals surface area (Å²) in [6.07, 6.45) is 0. The van der Waals surface area contributed by atoms with Crippen LogP contribution in [-0.2, 0) is 16.1 Å². The van der Waals surface area contributed by atoms with E-state index in [0.717, 1.165) is 5.56 Å². The molecule has 1 saturated heterocycles. The predicted octanol–water partition coefficient (Wildman–Crippen LogP) is 1.77. The van der Waals surface area contributed by atoms with Crippen molar-refractivity contribution in [1.29, 1.82) is 0 Å². The summed E-state index contributed by atoms with van der Waals surface area (Å²) in [5.41, 5.74) is 0.811. The molecular formula is C14H18ClFN2O2. The van der Waals surface area contributed by atoms with Crippen molar-refractivity contribution in [2.75, 3.05) is 39.9 Å². The topological polar surface area (TPSA) is 32.8 Å². The van der Waals surface area contributed by atoms with Gasteiger partial charge in [-0.05, 0) is 24.7 Å². The van der Waals surface area contributed by atoms with Crippen LogP contribution in [0, 0.1) is 5.82 Å². The number of hydrogen-bond donors (Lipinski definition) is 0. The fraction of sp³-hybridized carbons (Fsp3) is 0.500. The molecule has 0 aromatic heterocycles. The minimum absolute atomic E-state index is 0.0778. The summed E-state index contributed by atoms with van der Waals surface area (Å²) in [6, 6.07) is 4.31. The summed E-state index contributed by atoms with van der Waals surface area (Å²) >= 11 is 5.98. The molecule has 1 aromatic carbocycles. The first-order chi connectivity index (χ1) is 9.56. The minimum Gasteiger partial charge on any atom is -0.378 e. The van der Waals surface area contributed by atoms with Crippen molar-refractivity contribution in [2.45, 2.75) is 6.54 Å². The molecule has 2 rings (SSSR count). The number of ether oxygens (including phenoxy) is 1. The highest BCUT2D eigenvalue weighted by Crippen LogP contribution is 2.18. The van der Waals surface area contributed by atoms with Gasteiger partial charge in [-0.25, -0.2) is 4.39 Å². The van der Waals surface area contributed by atoms with Crippen LogP contribution in [0.2, 0.25) is 5.02 Å². The van der Waals surface area contributed by atoms with E-state index in [1.54, 1.807) is 11.0 Å². The van der Waals surface area contributed by atoms with E-state index < -0.39 is 0 Å². The summed E-state index contributed by atoms with van der Waals surface area (Å²) in [4.78, 5) is 15.7. The first-order valence-electron chi connectivity index (χ1n) is 6.54. The van der Waals surface area contributed by atoms with Crippen LogP contribution in [0.15, 0.2) is 18.2 Å². The van der Waals surface area contributed by atoms with Gasteiger partial charge in [-0.3, -0.25) is 9.69 Å². The minimum atomic E-state index is -0.356. The second kappa shape index (κ2) is 7.02. The molecule has 0 bridgehead atoms. The molecule has 1 aliphatic heterocycles. The van der Waals surface area contributed by atoms with E-state index in [4.69, 9.17) is 16.3 Å². The Balaban J connectivity index is 1.88. The number of morpholine rings is 1. The molecule has 1 heterocycles. The molecule has 20 heavy (non-hydrogen) atoms. The number of halogens is 2. The van der Waals surface area contributed by atoms with Gasteiger partial charge in [-0.2, -0.15) is 0 Å². The van der Waals surface area contributed by atoms with Crippen LogP contribution < -0.4 is 0 Å². The molecule has 1 amide bonds. The Kier molecular flexibility index (Phi) is 5.34. The van der Waals surface area contributed by atoms with Crippen molar-refractivity contribution in [3.63, 3.8) is 0 Å². The van der Waals surface area contributed by atoms with Gasteiger partial charge in [0.25, 0.3) is 0 Å². The largest absolute Gasteiger partial charge is 0.378 e. The van der Waals surface area contributed by atoms with Gasteiger partial charge in [0.15, 0.2) is 0 Å². The Morgan fingerprint density at radius 3 is 2.80 bits per heavy atom. The maximum absolute atomic E-state index is 13.0. The van der Waals surface area contributed by atoms with Crippen LogP contribution in [0.25, 0.3) is 0 Å². The monoisotopic (exact) mass is 300 g/mol. The van der Waals surface area contributed by atoms with Crippen molar-refractivity contribution >= 4 is 17.5 Å². The average molecular weight is 301 g/mol. The highest BCUT2D eigenvalue weighted by atomic mass is 35.5. The quantitative estimate of drug-likeness (QED) is 0.849. The van der Waals surface area contributed by atoms with Crippen LogP contribution in [-0.4, -0.2) is 55.6 Å².